The van der Waals surface area contributed by atoms with E-state index < -0.39 is 5.56 Å². The highest BCUT2D eigenvalue weighted by Crippen LogP contribution is 2.20. The molecule has 0 atom stereocenters. The number of aromatic nitrogens is 2. The molecule has 7 nitrogen and oxygen atoms in total. The van der Waals surface area contributed by atoms with Crippen LogP contribution < -0.4 is 11.0 Å². The normalized spacial score (nSPS) is 10.5. The van der Waals surface area contributed by atoms with Crippen molar-refractivity contribution in [3.8, 4) is 23.1 Å². The molecule has 0 bridgehead atoms. The third kappa shape index (κ3) is 4.14. The highest BCUT2D eigenvalue weighted by molar-refractivity contribution is 5.81. The van der Waals surface area contributed by atoms with Crippen molar-refractivity contribution in [3.05, 3.63) is 88.2 Å². The minimum atomic E-state index is -0.549. The van der Waals surface area contributed by atoms with Crippen LogP contribution in [0.3, 0.4) is 0 Å². The van der Waals surface area contributed by atoms with Crippen LogP contribution in [0.15, 0.2) is 71.1 Å². The van der Waals surface area contributed by atoms with E-state index in [1.54, 1.807) is 48.5 Å². The van der Waals surface area contributed by atoms with Crippen LogP contribution in [0.4, 0.5) is 5.95 Å². The van der Waals surface area contributed by atoms with Crippen LogP contribution in [0.2, 0.25) is 0 Å². The van der Waals surface area contributed by atoms with Gasteiger partial charge in [-0.3, -0.25) is 9.78 Å². The summed E-state index contributed by atoms with van der Waals surface area (Å²) in [5, 5.41) is 23.2. The number of rotatable bonds is 6. The second-order valence-electron chi connectivity index (χ2n) is 5.87. The number of H-pyrrole nitrogens is 1. The molecule has 0 saturated heterocycles. The molecule has 7 heteroatoms. The van der Waals surface area contributed by atoms with Gasteiger partial charge < -0.3 is 5.11 Å². The van der Waals surface area contributed by atoms with E-state index in [4.69, 9.17) is 0 Å². The lowest BCUT2D eigenvalue weighted by molar-refractivity contribution is 0.469. The van der Waals surface area contributed by atoms with Crippen molar-refractivity contribution in [2.75, 3.05) is 5.43 Å². The number of nitriles is 1. The first-order chi connectivity index (χ1) is 13.6. The van der Waals surface area contributed by atoms with E-state index in [1.807, 2.05) is 12.1 Å². The van der Waals surface area contributed by atoms with Gasteiger partial charge >= 0.3 is 0 Å². The number of hydrogen-bond donors (Lipinski definition) is 3. The highest BCUT2D eigenvalue weighted by atomic mass is 16.3. The number of hydrazone groups is 1. The van der Waals surface area contributed by atoms with E-state index >= 15 is 0 Å². The summed E-state index contributed by atoms with van der Waals surface area (Å²) < 4.78 is 0. The molecule has 1 aromatic heterocycles. The van der Waals surface area contributed by atoms with Gasteiger partial charge in [0.15, 0.2) is 0 Å². The summed E-state index contributed by atoms with van der Waals surface area (Å²) in [4.78, 5) is 19.0. The lowest BCUT2D eigenvalue weighted by Crippen LogP contribution is -2.16. The fourth-order valence-corrected chi connectivity index (χ4v) is 2.61. The van der Waals surface area contributed by atoms with Gasteiger partial charge in [0.25, 0.3) is 5.56 Å². The first-order valence-electron chi connectivity index (χ1n) is 8.44. The van der Waals surface area contributed by atoms with Crippen molar-refractivity contribution < 1.29 is 5.11 Å². The quantitative estimate of drug-likeness (QED) is 0.350. The minimum absolute atomic E-state index is 0.0617. The Kier molecular flexibility index (Phi) is 5.63. The Hall–Kier alpha value is -4.18. The zero-order valence-corrected chi connectivity index (χ0v) is 14.9. The van der Waals surface area contributed by atoms with Gasteiger partial charge in [-0.25, -0.2) is 10.4 Å². The minimum Gasteiger partial charge on any atom is -0.508 e. The summed E-state index contributed by atoms with van der Waals surface area (Å²) in [7, 11) is 0. The van der Waals surface area contributed by atoms with Gasteiger partial charge in [0.05, 0.1) is 11.9 Å². The summed E-state index contributed by atoms with van der Waals surface area (Å²) >= 11 is 0. The van der Waals surface area contributed by atoms with Crippen LogP contribution in [0.25, 0.3) is 11.3 Å². The average Bonchev–Trinajstić information content (AvgIpc) is 2.71. The Balaban J connectivity index is 1.87. The van der Waals surface area contributed by atoms with Gasteiger partial charge in [-0.05, 0) is 35.7 Å². The number of phenols is 1. The maximum absolute atomic E-state index is 12.2. The molecule has 0 aliphatic carbocycles. The Bertz CT molecular complexity index is 1130. The number of anilines is 1. The van der Waals surface area contributed by atoms with Gasteiger partial charge in [0, 0.05) is 5.56 Å². The highest BCUT2D eigenvalue weighted by Gasteiger charge is 2.12. The van der Waals surface area contributed by atoms with Gasteiger partial charge in [-0.15, -0.1) is 6.58 Å². The van der Waals surface area contributed by atoms with E-state index in [0.29, 0.717) is 12.0 Å². The van der Waals surface area contributed by atoms with Crippen LogP contribution in [-0.2, 0) is 6.42 Å². The molecule has 138 valence electrons. The number of nitrogens with one attached hydrogen (secondary N) is 2. The average molecular weight is 371 g/mol. The molecule has 3 rings (SSSR count). The number of hydrogen-bond acceptors (Lipinski definition) is 6. The summed E-state index contributed by atoms with van der Waals surface area (Å²) in [5.74, 6) is 0.305. The molecule has 0 unspecified atom stereocenters. The number of benzene rings is 2. The summed E-state index contributed by atoms with van der Waals surface area (Å²) in [6.45, 7) is 3.66. The Labute approximate surface area is 161 Å². The second kappa shape index (κ2) is 8.47. The maximum Gasteiger partial charge on any atom is 0.270 e. The molecule has 0 amide bonds. The second-order valence-corrected chi connectivity index (χ2v) is 5.87. The summed E-state index contributed by atoms with van der Waals surface area (Å²) in [5.41, 5.74) is 4.48. The maximum atomic E-state index is 12.2. The lowest BCUT2D eigenvalue weighted by Gasteiger charge is -2.06. The van der Waals surface area contributed by atoms with E-state index in [2.05, 4.69) is 27.1 Å². The first-order valence-corrected chi connectivity index (χ1v) is 8.44. The largest absolute Gasteiger partial charge is 0.508 e. The standard InChI is InChI=1S/C21H17N5O2/c1-2-6-16-11-14(9-10-18(16)27)13-23-26-21-24-19(15-7-4-3-5-8-15)17(12-22)20(28)25-21/h2-5,7-11,13,27H,1,6H2,(H2,24,25,26,28). The molecule has 3 aromatic rings. The topological polar surface area (TPSA) is 114 Å². The van der Waals surface area contributed by atoms with Crippen molar-refractivity contribution in [3.63, 3.8) is 0 Å². The molecule has 2 aromatic carbocycles. The summed E-state index contributed by atoms with van der Waals surface area (Å²) in [6.07, 6.45) is 3.77. The number of nitrogens with zero attached hydrogens (tertiary/aromatic N) is 3. The van der Waals surface area contributed by atoms with Gasteiger partial charge in [-0.2, -0.15) is 10.4 Å². The Morgan fingerprint density at radius 1 is 1.29 bits per heavy atom. The van der Waals surface area contributed by atoms with Crippen LogP contribution in [-0.4, -0.2) is 21.3 Å². The van der Waals surface area contributed by atoms with Crippen LogP contribution >= 0.6 is 0 Å². The predicted molar refractivity (Wildman–Crippen MR) is 108 cm³/mol. The fraction of sp³-hybridized carbons (Fsp3) is 0.0476. The number of aromatic hydroxyl groups is 1. The predicted octanol–water partition coefficient (Wildman–Crippen LogP) is 3.19. The molecular formula is C21H17N5O2. The molecule has 0 radical (unpaired) electrons. The van der Waals surface area contributed by atoms with Crippen molar-refractivity contribution in [1.82, 2.24) is 9.97 Å². The van der Waals surface area contributed by atoms with Crippen molar-refractivity contribution in [1.29, 1.82) is 5.26 Å². The van der Waals surface area contributed by atoms with Gasteiger partial charge in [-0.1, -0.05) is 36.4 Å². The molecule has 0 aliphatic heterocycles. The van der Waals surface area contributed by atoms with Crippen LogP contribution in [0, 0.1) is 11.3 Å². The van der Waals surface area contributed by atoms with Gasteiger partial charge in [0.2, 0.25) is 5.95 Å². The monoisotopic (exact) mass is 371 g/mol. The number of allylic oxidation sites excluding steroid dienone is 1. The molecule has 0 aliphatic rings. The number of phenolic OH excluding ortho intramolecular Hbond substituents is 1. The summed E-state index contributed by atoms with van der Waals surface area (Å²) in [6, 6.07) is 15.9. The Morgan fingerprint density at radius 3 is 2.79 bits per heavy atom. The van der Waals surface area contributed by atoms with E-state index in [-0.39, 0.29) is 23.0 Å². The molecule has 28 heavy (non-hydrogen) atoms. The van der Waals surface area contributed by atoms with Crippen molar-refractivity contribution in [2.45, 2.75) is 6.42 Å². The van der Waals surface area contributed by atoms with E-state index in [0.717, 1.165) is 11.1 Å². The molecule has 0 saturated carbocycles. The third-order valence-electron chi connectivity index (χ3n) is 3.93. The van der Waals surface area contributed by atoms with Crippen molar-refractivity contribution in [2.24, 2.45) is 5.10 Å². The smallest absolute Gasteiger partial charge is 0.270 e. The molecule has 0 fully saturated rings. The zero-order valence-electron chi connectivity index (χ0n) is 14.9. The molecule has 0 spiro atoms. The lowest BCUT2D eigenvalue weighted by atomic mass is 10.1. The molecular weight excluding hydrogens is 354 g/mol. The van der Waals surface area contributed by atoms with Crippen LogP contribution in [0.5, 0.6) is 5.75 Å². The molecule has 1 heterocycles. The fourth-order valence-electron chi connectivity index (χ4n) is 2.61. The number of aromatic amines is 1. The SMILES string of the molecule is C=CCc1cc(C=NNc2nc(-c3ccccc3)c(C#N)c(=O)[nH]2)ccc1O. The first kappa shape index (κ1) is 18.6. The zero-order chi connectivity index (χ0) is 19.9. The van der Waals surface area contributed by atoms with E-state index in [9.17, 15) is 15.2 Å². The Morgan fingerprint density at radius 2 is 2.07 bits per heavy atom. The van der Waals surface area contributed by atoms with Crippen molar-refractivity contribution >= 4 is 12.2 Å². The van der Waals surface area contributed by atoms with Crippen LogP contribution in [0.1, 0.15) is 16.7 Å². The third-order valence-corrected chi connectivity index (χ3v) is 3.93. The van der Waals surface area contributed by atoms with Gasteiger partial charge in [0.1, 0.15) is 17.4 Å². The molecule has 3 N–H and O–H groups in total. The van der Waals surface area contributed by atoms with E-state index in [1.165, 1.54) is 6.21 Å².